The van der Waals surface area contributed by atoms with Crippen LogP contribution in [0.25, 0.3) is 0 Å². The van der Waals surface area contributed by atoms with Crippen LogP contribution >= 0.6 is 0 Å². The second kappa shape index (κ2) is 6.11. The number of furan rings is 1. The first-order valence-electron chi connectivity index (χ1n) is 7.09. The predicted octanol–water partition coefficient (Wildman–Crippen LogP) is 1.17. The van der Waals surface area contributed by atoms with Gasteiger partial charge in [-0.25, -0.2) is 0 Å². The molecule has 6 nitrogen and oxygen atoms in total. The molecule has 1 aliphatic rings. The molecule has 1 fully saturated rings. The topological polar surface area (TPSA) is 79.6 Å². The summed E-state index contributed by atoms with van der Waals surface area (Å²) in [5.74, 6) is 0.731. The van der Waals surface area contributed by atoms with Crippen LogP contribution in [0.15, 0.2) is 16.5 Å². The van der Waals surface area contributed by atoms with Crippen LogP contribution < -0.4 is 5.32 Å². The van der Waals surface area contributed by atoms with Gasteiger partial charge in [0.15, 0.2) is 0 Å². The van der Waals surface area contributed by atoms with Crippen molar-refractivity contribution in [1.29, 1.82) is 0 Å². The third kappa shape index (κ3) is 3.51. The van der Waals surface area contributed by atoms with Gasteiger partial charge in [-0.2, -0.15) is 0 Å². The molecule has 2 heterocycles. The zero-order chi connectivity index (χ0) is 15.6. The van der Waals surface area contributed by atoms with Crippen molar-refractivity contribution in [3.8, 4) is 0 Å². The zero-order valence-corrected chi connectivity index (χ0v) is 12.5. The summed E-state index contributed by atoms with van der Waals surface area (Å²) < 4.78 is 5.38. The summed E-state index contributed by atoms with van der Waals surface area (Å²) >= 11 is 0. The third-order valence-corrected chi connectivity index (χ3v) is 3.43. The number of amides is 3. The van der Waals surface area contributed by atoms with E-state index in [2.05, 4.69) is 5.32 Å². The van der Waals surface area contributed by atoms with Gasteiger partial charge < -0.3 is 9.73 Å². The Labute approximate surface area is 123 Å². The number of nitrogens with zero attached hydrogens (tertiary/aromatic N) is 1. The summed E-state index contributed by atoms with van der Waals surface area (Å²) in [6.45, 7) is 5.39. The SMILES string of the molecule is Cc1ccc(CCC(=O)N[C@@H]2CC(=O)N(C(C)C)C2=O)o1. The summed E-state index contributed by atoms with van der Waals surface area (Å²) in [5.41, 5.74) is 0. The van der Waals surface area contributed by atoms with Crippen LogP contribution in [0.1, 0.15) is 38.2 Å². The van der Waals surface area contributed by atoms with Crippen LogP contribution in [0.5, 0.6) is 0 Å². The third-order valence-electron chi connectivity index (χ3n) is 3.43. The first-order chi connectivity index (χ1) is 9.88. The predicted molar refractivity (Wildman–Crippen MR) is 75.3 cm³/mol. The molecule has 114 valence electrons. The molecule has 0 bridgehead atoms. The van der Waals surface area contributed by atoms with Crippen molar-refractivity contribution in [2.45, 2.75) is 52.1 Å². The second-order valence-corrected chi connectivity index (χ2v) is 5.53. The number of imide groups is 1. The Morgan fingerprint density at radius 3 is 2.67 bits per heavy atom. The molecule has 3 amide bonds. The van der Waals surface area contributed by atoms with Gasteiger partial charge in [-0.3, -0.25) is 19.3 Å². The smallest absolute Gasteiger partial charge is 0.252 e. The van der Waals surface area contributed by atoms with Crippen molar-refractivity contribution < 1.29 is 18.8 Å². The van der Waals surface area contributed by atoms with Gasteiger partial charge in [-0.15, -0.1) is 0 Å². The summed E-state index contributed by atoms with van der Waals surface area (Å²) in [6, 6.07) is 2.75. The highest BCUT2D eigenvalue weighted by Gasteiger charge is 2.40. The van der Waals surface area contributed by atoms with Gasteiger partial charge in [-0.1, -0.05) is 0 Å². The van der Waals surface area contributed by atoms with Crippen molar-refractivity contribution in [1.82, 2.24) is 10.2 Å². The fourth-order valence-electron chi connectivity index (χ4n) is 2.43. The normalized spacial score (nSPS) is 18.7. The number of carbonyl (C=O) groups excluding carboxylic acids is 3. The Morgan fingerprint density at radius 2 is 2.14 bits per heavy atom. The molecule has 1 aliphatic heterocycles. The average molecular weight is 292 g/mol. The van der Waals surface area contributed by atoms with Crippen molar-refractivity contribution in [3.05, 3.63) is 23.7 Å². The van der Waals surface area contributed by atoms with E-state index < -0.39 is 6.04 Å². The molecule has 1 aromatic rings. The molecular formula is C15H20N2O4. The molecule has 1 N–H and O–H groups in total. The maximum Gasteiger partial charge on any atom is 0.252 e. The Morgan fingerprint density at radius 1 is 1.43 bits per heavy atom. The molecule has 6 heteroatoms. The van der Waals surface area contributed by atoms with Crippen LogP contribution in [0.3, 0.4) is 0 Å². The van der Waals surface area contributed by atoms with Crippen molar-refractivity contribution in [2.75, 3.05) is 0 Å². The van der Waals surface area contributed by atoms with E-state index in [1.165, 1.54) is 4.90 Å². The second-order valence-electron chi connectivity index (χ2n) is 5.53. The van der Waals surface area contributed by atoms with Crippen LogP contribution in [0.2, 0.25) is 0 Å². The first kappa shape index (κ1) is 15.3. The lowest BCUT2D eigenvalue weighted by atomic mass is 10.2. The Kier molecular flexibility index (Phi) is 4.45. The summed E-state index contributed by atoms with van der Waals surface area (Å²) in [5, 5.41) is 2.63. The van der Waals surface area contributed by atoms with E-state index in [0.717, 1.165) is 11.5 Å². The lowest BCUT2D eigenvalue weighted by molar-refractivity contribution is -0.141. The summed E-state index contributed by atoms with van der Waals surface area (Å²) in [7, 11) is 0. The lowest BCUT2D eigenvalue weighted by Gasteiger charge is -2.19. The molecule has 21 heavy (non-hydrogen) atoms. The van der Waals surface area contributed by atoms with Gasteiger partial charge in [0.2, 0.25) is 11.8 Å². The molecule has 0 aromatic carbocycles. The fourth-order valence-corrected chi connectivity index (χ4v) is 2.43. The number of hydrogen-bond acceptors (Lipinski definition) is 4. The lowest BCUT2D eigenvalue weighted by Crippen LogP contribution is -2.43. The maximum absolute atomic E-state index is 12.0. The van der Waals surface area contributed by atoms with Crippen LogP contribution in [-0.2, 0) is 20.8 Å². The maximum atomic E-state index is 12.0. The fraction of sp³-hybridized carbons (Fsp3) is 0.533. The van der Waals surface area contributed by atoms with Gasteiger partial charge >= 0.3 is 0 Å². The first-order valence-corrected chi connectivity index (χ1v) is 7.09. The highest BCUT2D eigenvalue weighted by molar-refractivity contribution is 6.07. The Bertz CT molecular complexity index is 562. The van der Waals surface area contributed by atoms with Gasteiger partial charge in [0.25, 0.3) is 5.91 Å². The number of hydrogen-bond donors (Lipinski definition) is 1. The van der Waals surface area contributed by atoms with Gasteiger partial charge in [0, 0.05) is 18.9 Å². The number of nitrogens with one attached hydrogen (secondary N) is 1. The van der Waals surface area contributed by atoms with Crippen LogP contribution in [-0.4, -0.2) is 34.7 Å². The number of rotatable bonds is 5. The van der Waals surface area contributed by atoms with Crippen molar-refractivity contribution in [2.24, 2.45) is 0 Å². The van der Waals surface area contributed by atoms with Gasteiger partial charge in [0.1, 0.15) is 17.6 Å². The van der Waals surface area contributed by atoms with E-state index in [-0.39, 0.29) is 36.6 Å². The van der Waals surface area contributed by atoms with E-state index in [9.17, 15) is 14.4 Å². The average Bonchev–Trinajstić information content (AvgIpc) is 2.91. The molecule has 1 saturated heterocycles. The molecule has 1 aromatic heterocycles. The van der Waals surface area contributed by atoms with E-state index in [4.69, 9.17) is 4.42 Å². The largest absolute Gasteiger partial charge is 0.466 e. The molecule has 0 saturated carbocycles. The molecule has 1 atom stereocenters. The van der Waals surface area contributed by atoms with Crippen molar-refractivity contribution >= 4 is 17.7 Å². The van der Waals surface area contributed by atoms with Gasteiger partial charge in [0.05, 0.1) is 6.42 Å². The minimum Gasteiger partial charge on any atom is -0.466 e. The standard InChI is InChI=1S/C15H20N2O4/c1-9(2)17-14(19)8-12(15(17)20)16-13(18)7-6-11-5-4-10(3)21-11/h4-5,9,12H,6-8H2,1-3H3,(H,16,18)/t12-/m1/s1. The summed E-state index contributed by atoms with van der Waals surface area (Å²) in [6.07, 6.45) is 0.748. The molecule has 0 unspecified atom stereocenters. The van der Waals surface area contributed by atoms with E-state index in [1.54, 1.807) is 13.8 Å². The van der Waals surface area contributed by atoms with Gasteiger partial charge in [-0.05, 0) is 32.9 Å². The molecular weight excluding hydrogens is 272 g/mol. The number of aryl methyl sites for hydroxylation is 2. The highest BCUT2D eigenvalue weighted by Crippen LogP contribution is 2.16. The number of likely N-dealkylation sites (tertiary alicyclic amines) is 1. The molecule has 2 rings (SSSR count). The van der Waals surface area contributed by atoms with Crippen molar-refractivity contribution in [3.63, 3.8) is 0 Å². The van der Waals surface area contributed by atoms with Crippen LogP contribution in [0, 0.1) is 6.92 Å². The minimum absolute atomic E-state index is 0.0443. The Hall–Kier alpha value is -2.11. The summed E-state index contributed by atoms with van der Waals surface area (Å²) in [4.78, 5) is 36.9. The molecule has 0 aliphatic carbocycles. The minimum atomic E-state index is -0.731. The zero-order valence-electron chi connectivity index (χ0n) is 12.5. The van der Waals surface area contributed by atoms with E-state index in [1.807, 2.05) is 19.1 Å². The molecule has 0 spiro atoms. The quantitative estimate of drug-likeness (QED) is 0.826. The van der Waals surface area contributed by atoms with E-state index >= 15 is 0 Å². The molecule has 0 radical (unpaired) electrons. The highest BCUT2D eigenvalue weighted by atomic mass is 16.3. The Balaban J connectivity index is 1.86. The van der Waals surface area contributed by atoms with Crippen LogP contribution in [0.4, 0.5) is 0 Å². The number of carbonyl (C=O) groups is 3. The monoisotopic (exact) mass is 292 g/mol. The van der Waals surface area contributed by atoms with E-state index in [0.29, 0.717) is 6.42 Å².